The van der Waals surface area contributed by atoms with Crippen LogP contribution in [0.4, 0.5) is 9.59 Å². The summed E-state index contributed by atoms with van der Waals surface area (Å²) in [4.78, 5) is 59.8. The summed E-state index contributed by atoms with van der Waals surface area (Å²) in [7, 11) is 0. The summed E-state index contributed by atoms with van der Waals surface area (Å²) in [5.41, 5.74) is 0.783. The van der Waals surface area contributed by atoms with E-state index in [9.17, 15) is 19.2 Å². The van der Waals surface area contributed by atoms with Crippen LogP contribution in [0, 0.1) is 35.5 Å². The van der Waals surface area contributed by atoms with Crippen LogP contribution in [-0.2, 0) is 19.1 Å². The first kappa shape index (κ1) is 36.2. The molecule has 0 N–H and O–H groups in total. The Kier molecular flexibility index (Phi) is 10.5. The largest absolute Gasteiger partial charge is 0.445 e. The van der Waals surface area contributed by atoms with Gasteiger partial charge in [-0.15, -0.1) is 0 Å². The predicted octanol–water partition coefficient (Wildman–Crippen LogP) is 9.99. The van der Waals surface area contributed by atoms with Gasteiger partial charge in [-0.25, -0.2) is 19.4 Å². The predicted molar refractivity (Wildman–Crippen MR) is 194 cm³/mol. The molecule has 6 atom stereocenters. The summed E-state index contributed by atoms with van der Waals surface area (Å²) in [6.45, 7) is 12.7. The van der Waals surface area contributed by atoms with Gasteiger partial charge in [-0.2, -0.15) is 0 Å². The van der Waals surface area contributed by atoms with E-state index in [0.29, 0.717) is 45.8 Å². The second-order valence-corrected chi connectivity index (χ2v) is 16.1. The average molecular weight is 722 g/mol. The van der Waals surface area contributed by atoms with E-state index in [0.717, 1.165) is 35.5 Å². The summed E-state index contributed by atoms with van der Waals surface area (Å²) in [5, 5.41) is 0.881. The molecule has 2 unspecified atom stereocenters. The van der Waals surface area contributed by atoms with Crippen molar-refractivity contribution in [3.8, 4) is 0 Å². The molecule has 2 aromatic carbocycles. The molecule has 2 fully saturated rings. The highest BCUT2D eigenvalue weighted by Crippen LogP contribution is 2.48. The van der Waals surface area contributed by atoms with Crippen molar-refractivity contribution >= 4 is 58.6 Å². The van der Waals surface area contributed by atoms with Gasteiger partial charge in [0, 0.05) is 10.0 Å². The second kappa shape index (κ2) is 14.5. The van der Waals surface area contributed by atoms with Gasteiger partial charge < -0.3 is 9.47 Å². The summed E-state index contributed by atoms with van der Waals surface area (Å²) in [5.74, 6) is 0.0111. The third-order valence-corrected chi connectivity index (χ3v) is 11.5. The van der Waals surface area contributed by atoms with Gasteiger partial charge in [-0.05, 0) is 96.6 Å². The monoisotopic (exact) mass is 720 g/mol. The van der Waals surface area contributed by atoms with E-state index in [-0.39, 0.29) is 46.2 Å². The lowest BCUT2D eigenvalue weighted by Gasteiger charge is -2.37. The molecule has 2 saturated carbocycles. The standard InChI is InChI=1S/C40H46Cl2N2O6/c1-21(2)29-17-7-23(5)19-31(29)49-39(47)43-35(25-9-13-27(41)14-10-25)33-34(37(43)45)36(26-11-15-28(42)16-12-26)44(38(33)46)40(48)50-32-20-24(6)8-18-30(32)22(3)4/h9-16,21-24,29-32H,7-8,17-20H2,1-6H3/t23-,24-,29?,30?,31-,32-/m1/s1. The van der Waals surface area contributed by atoms with Crippen molar-refractivity contribution in [3.63, 3.8) is 0 Å². The molecule has 0 saturated heterocycles. The summed E-state index contributed by atoms with van der Waals surface area (Å²) in [6, 6.07) is 13.1. The zero-order valence-corrected chi connectivity index (χ0v) is 31.1. The maximum absolute atomic E-state index is 14.7. The third kappa shape index (κ3) is 6.85. The molecule has 0 spiro atoms. The van der Waals surface area contributed by atoms with Crippen LogP contribution >= 0.6 is 23.2 Å². The molecule has 10 heteroatoms. The van der Waals surface area contributed by atoms with Gasteiger partial charge in [0.15, 0.2) is 0 Å². The number of amides is 4. The molecule has 266 valence electrons. The minimum atomic E-state index is -0.854. The van der Waals surface area contributed by atoms with E-state index in [4.69, 9.17) is 32.7 Å². The van der Waals surface area contributed by atoms with Crippen LogP contribution in [0.25, 0.3) is 11.4 Å². The molecule has 6 rings (SSSR count). The molecule has 0 aromatic heterocycles. The number of ether oxygens (including phenoxy) is 2. The van der Waals surface area contributed by atoms with E-state index < -0.39 is 36.2 Å². The van der Waals surface area contributed by atoms with E-state index in [1.807, 2.05) is 0 Å². The molecule has 0 radical (unpaired) electrons. The Bertz CT molecular complexity index is 1600. The molecule has 2 aliphatic heterocycles. The maximum atomic E-state index is 14.7. The molecule has 8 nitrogen and oxygen atoms in total. The van der Waals surface area contributed by atoms with Gasteiger partial charge in [0.25, 0.3) is 11.8 Å². The van der Waals surface area contributed by atoms with Crippen LogP contribution in [0.3, 0.4) is 0 Å². The zero-order valence-electron chi connectivity index (χ0n) is 29.6. The highest BCUT2D eigenvalue weighted by Gasteiger charge is 2.54. The van der Waals surface area contributed by atoms with E-state index in [1.54, 1.807) is 48.5 Å². The number of nitrogens with zero attached hydrogens (tertiary/aromatic N) is 2. The number of fused-ring (bicyclic) bond motifs is 1. The smallest absolute Gasteiger partial charge is 0.421 e. The van der Waals surface area contributed by atoms with Crippen LogP contribution in [0.15, 0.2) is 59.7 Å². The zero-order chi connectivity index (χ0) is 36.0. The number of rotatable bonds is 6. The normalized spacial score (nSPS) is 27.1. The fraction of sp³-hybridized carbons (Fsp3) is 0.500. The Morgan fingerprint density at radius 3 is 1.28 bits per heavy atom. The Morgan fingerprint density at radius 2 is 0.960 bits per heavy atom. The highest BCUT2D eigenvalue weighted by atomic mass is 35.5. The molecule has 50 heavy (non-hydrogen) atoms. The molecule has 0 bridgehead atoms. The molecular weight excluding hydrogens is 675 g/mol. The van der Waals surface area contributed by atoms with Gasteiger partial charge in [0.1, 0.15) is 12.2 Å². The van der Waals surface area contributed by atoms with Crippen LogP contribution in [0.2, 0.25) is 10.0 Å². The van der Waals surface area contributed by atoms with Gasteiger partial charge in [0.05, 0.1) is 22.5 Å². The highest BCUT2D eigenvalue weighted by molar-refractivity contribution is 6.36. The van der Waals surface area contributed by atoms with Gasteiger partial charge in [0.2, 0.25) is 0 Å². The number of hydrogen-bond donors (Lipinski definition) is 0. The van der Waals surface area contributed by atoms with Crippen molar-refractivity contribution in [2.75, 3.05) is 0 Å². The van der Waals surface area contributed by atoms with E-state index >= 15 is 0 Å². The summed E-state index contributed by atoms with van der Waals surface area (Å²) < 4.78 is 12.4. The number of imide groups is 2. The Morgan fingerprint density at radius 1 is 0.620 bits per heavy atom. The quantitative estimate of drug-likeness (QED) is 0.295. The Hall–Kier alpha value is -3.62. The SMILES string of the molecule is CC(C)C1CC[C@@H](C)C[C@H]1OC(=O)N1C(=O)C2=C(c3ccc(Cl)cc3)N(C(=O)O[C@@H]3C[C@H](C)CCC3C(C)C)C(=O)C2=C1c1ccc(Cl)cc1. The average Bonchev–Trinajstić information content (AvgIpc) is 3.53. The van der Waals surface area contributed by atoms with Crippen LogP contribution in [0.1, 0.15) is 91.2 Å². The molecular formula is C40H46Cl2N2O6. The molecule has 2 aliphatic carbocycles. The first-order valence-corrected chi connectivity index (χ1v) is 18.6. The van der Waals surface area contributed by atoms with Crippen molar-refractivity contribution in [3.05, 3.63) is 80.8 Å². The fourth-order valence-electron chi connectivity index (χ4n) is 8.28. The lowest BCUT2D eigenvalue weighted by atomic mass is 9.75. The minimum Gasteiger partial charge on any atom is -0.445 e. The van der Waals surface area contributed by atoms with Crippen molar-refractivity contribution < 1.29 is 28.7 Å². The van der Waals surface area contributed by atoms with Gasteiger partial charge in [-0.1, -0.05) is 102 Å². The molecule has 4 aliphatic rings. The first-order valence-electron chi connectivity index (χ1n) is 17.9. The lowest BCUT2D eigenvalue weighted by Crippen LogP contribution is -2.42. The molecule has 2 aromatic rings. The molecule has 2 heterocycles. The Balaban J connectivity index is 1.47. The Labute approximate surface area is 304 Å². The van der Waals surface area contributed by atoms with Gasteiger partial charge >= 0.3 is 12.2 Å². The van der Waals surface area contributed by atoms with Crippen molar-refractivity contribution in [1.82, 2.24) is 9.80 Å². The van der Waals surface area contributed by atoms with Gasteiger partial charge in [-0.3, -0.25) is 9.59 Å². The number of carbonyl (C=O) groups is 4. The fourth-order valence-corrected chi connectivity index (χ4v) is 8.53. The topological polar surface area (TPSA) is 93.2 Å². The first-order chi connectivity index (χ1) is 23.8. The number of carbonyl (C=O) groups excluding carboxylic acids is 4. The number of hydrogen-bond acceptors (Lipinski definition) is 6. The van der Waals surface area contributed by atoms with E-state index in [1.165, 1.54) is 0 Å². The number of benzene rings is 2. The van der Waals surface area contributed by atoms with E-state index in [2.05, 4.69) is 41.5 Å². The van der Waals surface area contributed by atoms with Crippen LogP contribution in [-0.4, -0.2) is 46.0 Å². The van der Waals surface area contributed by atoms with Crippen molar-refractivity contribution in [2.24, 2.45) is 35.5 Å². The maximum Gasteiger partial charge on any atom is 0.421 e. The van der Waals surface area contributed by atoms with Crippen molar-refractivity contribution in [2.45, 2.75) is 92.3 Å². The minimum absolute atomic E-state index is 0.0507. The lowest BCUT2D eigenvalue weighted by molar-refractivity contribution is -0.123. The summed E-state index contributed by atoms with van der Waals surface area (Å²) >= 11 is 12.5. The third-order valence-electron chi connectivity index (χ3n) is 11.0. The van der Waals surface area contributed by atoms with Crippen molar-refractivity contribution in [1.29, 1.82) is 0 Å². The number of halogens is 2. The molecule has 4 amide bonds. The van der Waals surface area contributed by atoms with Crippen LogP contribution in [0.5, 0.6) is 0 Å². The van der Waals surface area contributed by atoms with Crippen LogP contribution < -0.4 is 0 Å². The summed E-state index contributed by atoms with van der Waals surface area (Å²) in [6.07, 6.45) is 2.76. The second-order valence-electron chi connectivity index (χ2n) is 15.2.